The quantitative estimate of drug-likeness (QED) is 0.489. The third-order valence-corrected chi connectivity index (χ3v) is 4.83. The molecule has 0 aliphatic rings. The first kappa shape index (κ1) is 18.9. The SMILES string of the molecule is COc1cccc([C@H](C)NC(=O)c2ccc3c(c2)oc2c(C(F)F)nccc23)c1. The Kier molecular flexibility index (Phi) is 4.88. The maximum Gasteiger partial charge on any atom is 0.284 e. The van der Waals surface area contributed by atoms with Crippen LogP contribution in [0.15, 0.2) is 59.1 Å². The number of rotatable bonds is 5. The van der Waals surface area contributed by atoms with E-state index in [1.54, 1.807) is 31.4 Å². The molecule has 0 saturated heterocycles. The van der Waals surface area contributed by atoms with Gasteiger partial charge in [-0.3, -0.25) is 9.78 Å². The van der Waals surface area contributed by atoms with Crippen LogP contribution in [0.2, 0.25) is 0 Å². The number of fused-ring (bicyclic) bond motifs is 3. The number of carbonyl (C=O) groups excluding carboxylic acids is 1. The number of benzene rings is 2. The fourth-order valence-electron chi connectivity index (χ4n) is 3.29. The zero-order chi connectivity index (χ0) is 20.5. The average Bonchev–Trinajstić information content (AvgIpc) is 3.11. The highest BCUT2D eigenvalue weighted by Crippen LogP contribution is 2.34. The molecule has 1 amide bonds. The van der Waals surface area contributed by atoms with Crippen LogP contribution in [-0.4, -0.2) is 18.0 Å². The second-order valence-corrected chi connectivity index (χ2v) is 6.66. The van der Waals surface area contributed by atoms with Crippen molar-refractivity contribution in [2.24, 2.45) is 0 Å². The number of hydrogen-bond donors (Lipinski definition) is 1. The number of halogens is 2. The molecule has 0 saturated carbocycles. The van der Waals surface area contributed by atoms with Gasteiger partial charge in [0.15, 0.2) is 5.58 Å². The number of carbonyl (C=O) groups is 1. The molecule has 2 heterocycles. The standard InChI is InChI=1S/C22H18F2N2O3/c1-12(13-4-3-5-15(10-13)28-2)26-22(27)14-6-7-16-17-8-9-25-19(21(23)24)20(17)29-18(16)11-14/h3-12,21H,1-2H3,(H,26,27)/t12-/m0/s1. The van der Waals surface area contributed by atoms with Gasteiger partial charge in [-0.2, -0.15) is 0 Å². The van der Waals surface area contributed by atoms with Gasteiger partial charge in [0.1, 0.15) is 17.0 Å². The van der Waals surface area contributed by atoms with Gasteiger partial charge in [-0.05, 0) is 48.9 Å². The zero-order valence-electron chi connectivity index (χ0n) is 15.8. The monoisotopic (exact) mass is 396 g/mol. The first-order valence-corrected chi connectivity index (χ1v) is 9.02. The lowest BCUT2D eigenvalue weighted by atomic mass is 10.1. The van der Waals surface area contributed by atoms with E-state index in [1.165, 1.54) is 6.20 Å². The fraction of sp³-hybridized carbons (Fsp3) is 0.182. The van der Waals surface area contributed by atoms with Crippen LogP contribution in [0.4, 0.5) is 8.78 Å². The van der Waals surface area contributed by atoms with Crippen molar-refractivity contribution in [3.63, 3.8) is 0 Å². The lowest BCUT2D eigenvalue weighted by Gasteiger charge is -2.15. The first-order valence-electron chi connectivity index (χ1n) is 9.02. The Labute approximate surface area is 165 Å². The second-order valence-electron chi connectivity index (χ2n) is 6.66. The molecule has 0 radical (unpaired) electrons. The van der Waals surface area contributed by atoms with Crippen molar-refractivity contribution in [2.75, 3.05) is 7.11 Å². The van der Waals surface area contributed by atoms with E-state index in [1.807, 2.05) is 31.2 Å². The number of aromatic nitrogens is 1. The second kappa shape index (κ2) is 7.50. The average molecular weight is 396 g/mol. The summed E-state index contributed by atoms with van der Waals surface area (Å²) in [4.78, 5) is 16.4. The molecule has 0 aliphatic heterocycles. The lowest BCUT2D eigenvalue weighted by Crippen LogP contribution is -2.26. The van der Waals surface area contributed by atoms with Gasteiger partial charge in [-0.15, -0.1) is 0 Å². The molecule has 4 aromatic rings. The fourth-order valence-corrected chi connectivity index (χ4v) is 3.29. The van der Waals surface area contributed by atoms with Gasteiger partial charge in [-0.1, -0.05) is 12.1 Å². The van der Waals surface area contributed by atoms with Gasteiger partial charge in [0.25, 0.3) is 12.3 Å². The van der Waals surface area contributed by atoms with Gasteiger partial charge >= 0.3 is 0 Å². The Morgan fingerprint density at radius 3 is 2.72 bits per heavy atom. The molecule has 0 bridgehead atoms. The number of furan rings is 1. The maximum absolute atomic E-state index is 13.2. The highest BCUT2D eigenvalue weighted by atomic mass is 19.3. The molecule has 0 unspecified atom stereocenters. The van der Waals surface area contributed by atoms with Gasteiger partial charge < -0.3 is 14.5 Å². The van der Waals surface area contributed by atoms with E-state index in [0.29, 0.717) is 27.7 Å². The molecule has 0 aliphatic carbocycles. The van der Waals surface area contributed by atoms with Crippen molar-refractivity contribution in [3.05, 3.63) is 71.5 Å². The Hall–Kier alpha value is -3.48. The predicted molar refractivity (Wildman–Crippen MR) is 105 cm³/mol. The number of nitrogens with one attached hydrogen (secondary N) is 1. The molecular formula is C22H18F2N2O3. The molecule has 4 rings (SSSR count). The van der Waals surface area contributed by atoms with Crippen LogP contribution in [0, 0.1) is 0 Å². The summed E-state index contributed by atoms with van der Waals surface area (Å²) in [7, 11) is 1.58. The number of pyridine rings is 1. The van der Waals surface area contributed by atoms with Crippen LogP contribution in [0.3, 0.4) is 0 Å². The summed E-state index contributed by atoms with van der Waals surface area (Å²) >= 11 is 0. The van der Waals surface area contributed by atoms with E-state index in [4.69, 9.17) is 9.15 Å². The number of methoxy groups -OCH3 is 1. The van der Waals surface area contributed by atoms with Crippen molar-refractivity contribution >= 4 is 27.8 Å². The van der Waals surface area contributed by atoms with Crippen LogP contribution in [-0.2, 0) is 0 Å². The molecule has 7 heteroatoms. The molecule has 1 atom stereocenters. The van der Waals surface area contributed by atoms with E-state index in [2.05, 4.69) is 10.3 Å². The van der Waals surface area contributed by atoms with Gasteiger partial charge in [0.2, 0.25) is 0 Å². The number of ether oxygens (including phenoxy) is 1. The van der Waals surface area contributed by atoms with Crippen molar-refractivity contribution in [2.45, 2.75) is 19.4 Å². The van der Waals surface area contributed by atoms with Gasteiger partial charge in [0, 0.05) is 22.5 Å². The zero-order valence-corrected chi connectivity index (χ0v) is 15.8. The van der Waals surface area contributed by atoms with Crippen LogP contribution in [0.1, 0.15) is 41.0 Å². The van der Waals surface area contributed by atoms with Crippen LogP contribution in [0.5, 0.6) is 5.75 Å². The predicted octanol–water partition coefficient (Wildman–Crippen LogP) is 5.42. The van der Waals surface area contributed by atoms with E-state index in [9.17, 15) is 13.6 Å². The minimum atomic E-state index is -2.74. The third-order valence-electron chi connectivity index (χ3n) is 4.83. The summed E-state index contributed by atoms with van der Waals surface area (Å²) < 4.78 is 37.2. The topological polar surface area (TPSA) is 64.4 Å². The van der Waals surface area contributed by atoms with Crippen LogP contribution >= 0.6 is 0 Å². The van der Waals surface area contributed by atoms with E-state index in [-0.39, 0.29) is 17.5 Å². The highest BCUT2D eigenvalue weighted by Gasteiger charge is 2.20. The molecule has 29 heavy (non-hydrogen) atoms. The van der Waals surface area contributed by atoms with Gasteiger partial charge in [0.05, 0.1) is 13.2 Å². The first-order chi connectivity index (χ1) is 14.0. The molecular weight excluding hydrogens is 378 g/mol. The van der Waals surface area contributed by atoms with Crippen molar-refractivity contribution < 1.29 is 22.7 Å². The summed E-state index contributed by atoms with van der Waals surface area (Å²) in [6.45, 7) is 1.87. The molecule has 2 aromatic carbocycles. The number of nitrogens with zero attached hydrogens (tertiary/aromatic N) is 1. The van der Waals surface area contributed by atoms with Crippen LogP contribution < -0.4 is 10.1 Å². The molecule has 0 spiro atoms. The Bertz CT molecular complexity index is 1200. The van der Waals surface area contributed by atoms with Crippen molar-refractivity contribution in [3.8, 4) is 5.75 Å². The summed E-state index contributed by atoms with van der Waals surface area (Å²) in [5.74, 6) is 0.408. The molecule has 2 aromatic heterocycles. The lowest BCUT2D eigenvalue weighted by molar-refractivity contribution is 0.0939. The Morgan fingerprint density at radius 2 is 1.97 bits per heavy atom. The largest absolute Gasteiger partial charge is 0.497 e. The third kappa shape index (κ3) is 3.51. The summed E-state index contributed by atoms with van der Waals surface area (Å²) in [5, 5.41) is 4.12. The van der Waals surface area contributed by atoms with E-state index >= 15 is 0 Å². The van der Waals surface area contributed by atoms with Crippen molar-refractivity contribution in [1.82, 2.24) is 10.3 Å². The van der Waals surface area contributed by atoms with Gasteiger partial charge in [-0.25, -0.2) is 8.78 Å². The Balaban J connectivity index is 1.64. The minimum Gasteiger partial charge on any atom is -0.497 e. The van der Waals surface area contributed by atoms with E-state index in [0.717, 1.165) is 5.56 Å². The molecule has 0 fully saturated rings. The molecule has 148 valence electrons. The molecule has 5 nitrogen and oxygen atoms in total. The minimum absolute atomic E-state index is 0.0415. The summed E-state index contributed by atoms with van der Waals surface area (Å²) in [6, 6.07) is 13.7. The Morgan fingerprint density at radius 1 is 1.14 bits per heavy atom. The smallest absolute Gasteiger partial charge is 0.284 e. The van der Waals surface area contributed by atoms with Crippen LogP contribution in [0.25, 0.3) is 21.9 Å². The van der Waals surface area contributed by atoms with E-state index < -0.39 is 12.1 Å². The number of hydrogen-bond acceptors (Lipinski definition) is 4. The number of alkyl halides is 2. The molecule has 1 N–H and O–H groups in total. The van der Waals surface area contributed by atoms with Crippen molar-refractivity contribution in [1.29, 1.82) is 0 Å². The summed E-state index contributed by atoms with van der Waals surface area (Å²) in [6.07, 6.45) is -1.42. The number of amides is 1. The highest BCUT2D eigenvalue weighted by molar-refractivity contribution is 6.08. The normalized spacial score (nSPS) is 12.4. The summed E-state index contributed by atoms with van der Waals surface area (Å²) in [5.41, 5.74) is 1.26. The maximum atomic E-state index is 13.2.